The molecule has 1 heterocycles. The lowest BCUT2D eigenvalue weighted by Gasteiger charge is -2.40. The van der Waals surface area contributed by atoms with Gasteiger partial charge in [-0.15, -0.1) is 0 Å². The summed E-state index contributed by atoms with van der Waals surface area (Å²) in [5.74, 6) is 0. The van der Waals surface area contributed by atoms with E-state index in [0.717, 1.165) is 12.1 Å². The predicted octanol–water partition coefficient (Wildman–Crippen LogP) is 2.39. The second-order valence-corrected chi connectivity index (χ2v) is 5.22. The average Bonchev–Trinajstić information content (AvgIpc) is 2.80. The van der Waals surface area contributed by atoms with Gasteiger partial charge in [0.25, 0.3) is 0 Å². The third kappa shape index (κ3) is 2.94. The first-order valence-electron chi connectivity index (χ1n) is 6.82. The van der Waals surface area contributed by atoms with Gasteiger partial charge in [-0.1, -0.05) is 19.3 Å². The van der Waals surface area contributed by atoms with E-state index in [0.29, 0.717) is 0 Å². The van der Waals surface area contributed by atoms with Crippen LogP contribution >= 0.6 is 0 Å². The first-order chi connectivity index (χ1) is 7.42. The van der Waals surface area contributed by atoms with Crippen LogP contribution in [0.4, 0.5) is 0 Å². The molecule has 2 nitrogen and oxygen atoms in total. The Labute approximate surface area is 94.4 Å². The van der Waals surface area contributed by atoms with Crippen LogP contribution in [0.3, 0.4) is 0 Å². The van der Waals surface area contributed by atoms with Gasteiger partial charge in [-0.2, -0.15) is 0 Å². The molecule has 1 N–H and O–H groups in total. The lowest BCUT2D eigenvalue weighted by molar-refractivity contribution is 0.0915. The lowest BCUT2D eigenvalue weighted by atomic mass is 9.96. The van der Waals surface area contributed by atoms with Crippen molar-refractivity contribution in [1.82, 2.24) is 10.2 Å². The van der Waals surface area contributed by atoms with Crippen LogP contribution in [0.5, 0.6) is 0 Å². The number of hydrogen-bond acceptors (Lipinski definition) is 2. The molecule has 0 spiro atoms. The van der Waals surface area contributed by atoms with Crippen molar-refractivity contribution in [2.24, 2.45) is 0 Å². The van der Waals surface area contributed by atoms with Gasteiger partial charge in [-0.05, 0) is 52.2 Å². The smallest absolute Gasteiger partial charge is 0.0110 e. The lowest BCUT2D eigenvalue weighted by Crippen LogP contribution is -2.46. The molecule has 15 heavy (non-hydrogen) atoms. The fourth-order valence-corrected chi connectivity index (χ4v) is 3.36. The molecule has 1 saturated carbocycles. The number of nitrogens with zero attached hydrogens (tertiary/aromatic N) is 1. The maximum absolute atomic E-state index is 3.30. The molecular formula is C13H26N2. The number of likely N-dealkylation sites (tertiary alicyclic amines) is 1. The Bertz CT molecular complexity index is 175. The first kappa shape index (κ1) is 11.4. The third-order valence-corrected chi connectivity index (χ3v) is 4.19. The Morgan fingerprint density at radius 2 is 1.80 bits per heavy atom. The summed E-state index contributed by atoms with van der Waals surface area (Å²) in [6.45, 7) is 2.56. The second-order valence-electron chi connectivity index (χ2n) is 5.22. The summed E-state index contributed by atoms with van der Waals surface area (Å²) in [5, 5.41) is 3.30. The maximum atomic E-state index is 3.30. The molecule has 1 atom stereocenters. The highest BCUT2D eigenvalue weighted by molar-refractivity contribution is 4.85. The molecule has 2 heteroatoms. The van der Waals surface area contributed by atoms with Crippen molar-refractivity contribution >= 4 is 0 Å². The normalized spacial score (nSPS) is 29.8. The molecule has 0 aromatic heterocycles. The van der Waals surface area contributed by atoms with Crippen LogP contribution in [-0.2, 0) is 0 Å². The van der Waals surface area contributed by atoms with Crippen molar-refractivity contribution < 1.29 is 0 Å². The maximum Gasteiger partial charge on any atom is 0.0110 e. The van der Waals surface area contributed by atoms with Crippen molar-refractivity contribution in [3.05, 3.63) is 0 Å². The van der Waals surface area contributed by atoms with Gasteiger partial charge in [0.15, 0.2) is 0 Å². The molecule has 88 valence electrons. The fourth-order valence-electron chi connectivity index (χ4n) is 3.36. The number of hydrogen-bond donors (Lipinski definition) is 1. The van der Waals surface area contributed by atoms with Crippen LogP contribution in [0.15, 0.2) is 0 Å². The standard InChI is InChI=1S/C13H26N2/c1-14-10-9-13-8-4-5-11-15(13)12-6-2-3-7-12/h12-14H,2-11H2,1H3. The highest BCUT2D eigenvalue weighted by Crippen LogP contribution is 2.30. The minimum atomic E-state index is 0.884. The summed E-state index contributed by atoms with van der Waals surface area (Å²) in [4.78, 5) is 2.84. The summed E-state index contributed by atoms with van der Waals surface area (Å²) in [6.07, 6.45) is 11.6. The first-order valence-corrected chi connectivity index (χ1v) is 6.82. The van der Waals surface area contributed by atoms with Gasteiger partial charge < -0.3 is 5.32 Å². The van der Waals surface area contributed by atoms with Crippen molar-refractivity contribution in [2.45, 2.75) is 63.5 Å². The van der Waals surface area contributed by atoms with E-state index in [9.17, 15) is 0 Å². The van der Waals surface area contributed by atoms with Crippen LogP contribution in [-0.4, -0.2) is 37.1 Å². The van der Waals surface area contributed by atoms with E-state index < -0.39 is 0 Å². The SMILES string of the molecule is CNCCC1CCCCN1C1CCCC1. The molecule has 0 aromatic carbocycles. The quantitative estimate of drug-likeness (QED) is 0.766. The van der Waals surface area contributed by atoms with Crippen LogP contribution in [0.1, 0.15) is 51.4 Å². The molecule has 2 aliphatic rings. The summed E-state index contributed by atoms with van der Waals surface area (Å²) >= 11 is 0. The van der Waals surface area contributed by atoms with E-state index in [4.69, 9.17) is 0 Å². The van der Waals surface area contributed by atoms with Crippen molar-refractivity contribution in [1.29, 1.82) is 0 Å². The van der Waals surface area contributed by atoms with E-state index in [-0.39, 0.29) is 0 Å². The molecule has 1 unspecified atom stereocenters. The number of piperidine rings is 1. The Balaban J connectivity index is 1.86. The Kier molecular flexibility index (Phi) is 4.45. The minimum Gasteiger partial charge on any atom is -0.320 e. The van der Waals surface area contributed by atoms with Gasteiger partial charge >= 0.3 is 0 Å². The monoisotopic (exact) mass is 210 g/mol. The van der Waals surface area contributed by atoms with Crippen LogP contribution in [0.2, 0.25) is 0 Å². The Morgan fingerprint density at radius 3 is 2.53 bits per heavy atom. The molecule has 1 saturated heterocycles. The molecule has 2 fully saturated rings. The molecule has 0 radical (unpaired) electrons. The van der Waals surface area contributed by atoms with Gasteiger partial charge in [0.05, 0.1) is 0 Å². The Hall–Kier alpha value is -0.0800. The Morgan fingerprint density at radius 1 is 1.07 bits per heavy atom. The van der Waals surface area contributed by atoms with E-state index in [1.54, 1.807) is 0 Å². The molecular weight excluding hydrogens is 184 g/mol. The minimum absolute atomic E-state index is 0.884. The van der Waals surface area contributed by atoms with Gasteiger partial charge in [0.1, 0.15) is 0 Å². The highest BCUT2D eigenvalue weighted by atomic mass is 15.2. The van der Waals surface area contributed by atoms with Gasteiger partial charge in [0, 0.05) is 12.1 Å². The summed E-state index contributed by atoms with van der Waals surface area (Å²) in [7, 11) is 2.07. The third-order valence-electron chi connectivity index (χ3n) is 4.19. The molecule has 0 bridgehead atoms. The topological polar surface area (TPSA) is 15.3 Å². The zero-order chi connectivity index (χ0) is 10.5. The second kappa shape index (κ2) is 5.86. The van der Waals surface area contributed by atoms with Crippen molar-refractivity contribution in [3.8, 4) is 0 Å². The zero-order valence-corrected chi connectivity index (χ0v) is 10.2. The molecule has 1 aliphatic heterocycles. The van der Waals surface area contributed by atoms with Crippen LogP contribution < -0.4 is 5.32 Å². The van der Waals surface area contributed by atoms with Crippen molar-refractivity contribution in [2.75, 3.05) is 20.1 Å². The number of rotatable bonds is 4. The molecule has 0 amide bonds. The van der Waals surface area contributed by atoms with E-state index in [2.05, 4.69) is 17.3 Å². The van der Waals surface area contributed by atoms with Gasteiger partial charge in [-0.25, -0.2) is 0 Å². The van der Waals surface area contributed by atoms with Crippen LogP contribution in [0.25, 0.3) is 0 Å². The van der Waals surface area contributed by atoms with E-state index >= 15 is 0 Å². The van der Waals surface area contributed by atoms with E-state index in [1.165, 1.54) is 64.5 Å². The largest absolute Gasteiger partial charge is 0.320 e. The summed E-state index contributed by atoms with van der Waals surface area (Å²) < 4.78 is 0. The van der Waals surface area contributed by atoms with E-state index in [1.807, 2.05) is 0 Å². The average molecular weight is 210 g/mol. The highest BCUT2D eigenvalue weighted by Gasteiger charge is 2.29. The zero-order valence-electron chi connectivity index (χ0n) is 10.2. The predicted molar refractivity (Wildman–Crippen MR) is 65.1 cm³/mol. The molecule has 1 aliphatic carbocycles. The summed E-state index contributed by atoms with van der Waals surface area (Å²) in [5.41, 5.74) is 0. The van der Waals surface area contributed by atoms with Crippen molar-refractivity contribution in [3.63, 3.8) is 0 Å². The summed E-state index contributed by atoms with van der Waals surface area (Å²) in [6, 6.07) is 1.82. The molecule has 2 rings (SSSR count). The molecule has 0 aromatic rings. The van der Waals surface area contributed by atoms with Crippen LogP contribution in [0, 0.1) is 0 Å². The number of nitrogens with one attached hydrogen (secondary N) is 1. The van der Waals surface area contributed by atoms with Gasteiger partial charge in [-0.3, -0.25) is 4.90 Å². The van der Waals surface area contributed by atoms with Gasteiger partial charge in [0.2, 0.25) is 0 Å². The fraction of sp³-hybridized carbons (Fsp3) is 1.00.